The number of hydrogen-bond acceptors (Lipinski definition) is 17. The number of anilines is 2. The second-order valence-corrected chi connectivity index (χ2v) is 18.5. The van der Waals surface area contributed by atoms with Crippen molar-refractivity contribution in [2.45, 2.75) is 90.5 Å². The first-order chi connectivity index (χ1) is 33.1. The van der Waals surface area contributed by atoms with E-state index in [9.17, 15) is 43.8 Å². The van der Waals surface area contributed by atoms with Crippen LogP contribution in [0.25, 0.3) is 11.2 Å². The van der Waals surface area contributed by atoms with Gasteiger partial charge in [-0.2, -0.15) is 4.98 Å². The lowest BCUT2D eigenvalue weighted by Crippen LogP contribution is -2.44. The molecular weight excluding hydrogens is 911 g/mol. The number of carbonyl (C=O) groups is 6. The van der Waals surface area contributed by atoms with Gasteiger partial charge in [-0.25, -0.2) is 9.97 Å². The fourth-order valence-electron chi connectivity index (χ4n) is 7.25. The molecule has 10 N–H and O–H groups in total. The summed E-state index contributed by atoms with van der Waals surface area (Å²) in [5.41, 5.74) is 5.90. The summed E-state index contributed by atoms with van der Waals surface area (Å²) in [5, 5.41) is 33.1. The number of carboxylic acid groups (broad SMARTS) is 2. The Morgan fingerprint density at radius 2 is 1.29 bits per heavy atom. The Balaban J connectivity index is 1.02. The van der Waals surface area contributed by atoms with E-state index < -0.39 is 28.7 Å². The quantitative estimate of drug-likeness (QED) is 0.0433. The Bertz CT molecular complexity index is 2250. The third kappa shape index (κ3) is 21.5. The van der Waals surface area contributed by atoms with Crippen LogP contribution in [0.1, 0.15) is 82.8 Å². The number of carboxylic acids is 2. The fourth-order valence-corrected chi connectivity index (χ4v) is 7.25. The number of rotatable bonds is 28. The zero-order valence-corrected chi connectivity index (χ0v) is 40.9. The average molecular weight is 982 g/mol. The smallest absolute Gasteiger partial charge is 0.317 e. The summed E-state index contributed by atoms with van der Waals surface area (Å²) in [7, 11) is 0. The first kappa shape index (κ1) is 56.2. The van der Waals surface area contributed by atoms with Crippen LogP contribution in [-0.4, -0.2) is 189 Å². The van der Waals surface area contributed by atoms with Crippen molar-refractivity contribution >= 4 is 58.4 Å². The molecule has 386 valence electrons. The Kier molecular flexibility index (Phi) is 22.3. The molecule has 24 heteroatoms. The highest BCUT2D eigenvalue weighted by molar-refractivity contribution is 5.94. The normalized spacial score (nSPS) is 14.7. The van der Waals surface area contributed by atoms with Crippen molar-refractivity contribution in [3.8, 4) is 0 Å². The van der Waals surface area contributed by atoms with Gasteiger partial charge in [-0.15, -0.1) is 0 Å². The SMILES string of the molecule is C[C@H](CCC(=O)NCCOC(C)(C)CCOC(C)(C)CCC(=O)NCCNC(=O)CN1CCN(CC(=O)O)CCN(CC(=O)O)CC1)NC(=O)c1ccc(NCc2cnc3nc(N)[nH]c(=O)c3n2)cc1. The Labute approximate surface area is 407 Å². The van der Waals surface area contributed by atoms with E-state index >= 15 is 0 Å². The minimum Gasteiger partial charge on any atom is -0.480 e. The van der Waals surface area contributed by atoms with Crippen molar-refractivity contribution in [1.82, 2.24) is 55.9 Å². The summed E-state index contributed by atoms with van der Waals surface area (Å²) in [5.74, 6) is -2.85. The third-order valence-electron chi connectivity index (χ3n) is 11.4. The molecule has 0 bridgehead atoms. The largest absolute Gasteiger partial charge is 0.480 e. The van der Waals surface area contributed by atoms with Gasteiger partial charge in [0, 0.05) is 89.0 Å². The number of benzene rings is 1. The Morgan fingerprint density at radius 3 is 1.90 bits per heavy atom. The standard InChI is InChI=1S/C46H71N13O11/c1-31(53-42(67)32-7-9-33(10-8-32)51-26-34-27-52-41-40(54-34)43(68)56-44(47)55-41)6-11-35(60)50-17-25-70-46(4,5)14-24-69-45(2,3)13-12-36(61)48-15-16-49-37(62)28-57-18-20-58(29-38(63)64)22-23-59(21-19-57)30-39(65)66/h7-10,27,31,51H,6,11-26,28-30H2,1-5H3,(H,48,61)(H,49,62)(H,50,60)(H,53,67)(H,63,64)(H,65,66)(H3,47,52,55,56,68)/t31-/m1/s1. The van der Waals surface area contributed by atoms with Gasteiger partial charge in [0.05, 0.1) is 62.5 Å². The Hall–Kier alpha value is -6.34. The number of amides is 4. The molecule has 1 atom stereocenters. The van der Waals surface area contributed by atoms with E-state index in [2.05, 4.69) is 46.5 Å². The molecule has 3 aromatic rings. The molecule has 1 aromatic carbocycles. The van der Waals surface area contributed by atoms with Gasteiger partial charge in [-0.3, -0.25) is 53.2 Å². The zero-order chi connectivity index (χ0) is 51.3. The summed E-state index contributed by atoms with van der Waals surface area (Å²) in [6.07, 6.45) is 3.42. The molecule has 4 amide bonds. The van der Waals surface area contributed by atoms with Crippen LogP contribution >= 0.6 is 0 Å². The molecule has 1 fully saturated rings. The van der Waals surface area contributed by atoms with Gasteiger partial charge in [0.15, 0.2) is 11.2 Å². The molecule has 0 radical (unpaired) electrons. The lowest BCUT2D eigenvalue weighted by Gasteiger charge is -2.29. The predicted octanol–water partition coefficient (Wildman–Crippen LogP) is 0.00400. The summed E-state index contributed by atoms with van der Waals surface area (Å²) in [4.78, 5) is 106. The third-order valence-corrected chi connectivity index (χ3v) is 11.4. The summed E-state index contributed by atoms with van der Waals surface area (Å²) in [6, 6.07) is 6.61. The maximum atomic E-state index is 12.9. The molecule has 2 aromatic heterocycles. The molecule has 70 heavy (non-hydrogen) atoms. The van der Waals surface area contributed by atoms with Crippen LogP contribution in [0.5, 0.6) is 0 Å². The van der Waals surface area contributed by atoms with E-state index in [-0.39, 0.29) is 98.9 Å². The molecular formula is C46H71N13O11. The van der Waals surface area contributed by atoms with Gasteiger partial charge in [-0.05, 0) is 78.1 Å². The number of aromatic nitrogens is 4. The number of nitrogens with zero attached hydrogens (tertiary/aromatic N) is 6. The number of aliphatic carboxylic acids is 2. The second kappa shape index (κ2) is 27.7. The predicted molar refractivity (Wildman–Crippen MR) is 260 cm³/mol. The molecule has 4 rings (SSSR count). The van der Waals surface area contributed by atoms with Crippen molar-refractivity contribution in [3.05, 3.63) is 52.1 Å². The maximum absolute atomic E-state index is 12.9. The van der Waals surface area contributed by atoms with Gasteiger partial charge < -0.3 is 52.0 Å². The van der Waals surface area contributed by atoms with Gasteiger partial charge >= 0.3 is 11.9 Å². The molecule has 0 saturated carbocycles. The molecule has 24 nitrogen and oxygen atoms in total. The first-order valence-corrected chi connectivity index (χ1v) is 23.5. The molecule has 3 heterocycles. The number of hydrogen-bond donors (Lipinski definition) is 9. The number of ether oxygens (including phenoxy) is 2. The van der Waals surface area contributed by atoms with Gasteiger partial charge in [0.2, 0.25) is 23.7 Å². The van der Waals surface area contributed by atoms with E-state index in [1.54, 1.807) is 34.1 Å². The number of aromatic amines is 1. The highest BCUT2D eigenvalue weighted by atomic mass is 16.5. The number of H-pyrrole nitrogens is 1. The van der Waals surface area contributed by atoms with E-state index in [1.165, 1.54) is 6.20 Å². The van der Waals surface area contributed by atoms with Crippen molar-refractivity contribution in [2.24, 2.45) is 0 Å². The molecule has 0 aliphatic carbocycles. The molecule has 1 saturated heterocycles. The summed E-state index contributed by atoms with van der Waals surface area (Å²) < 4.78 is 12.1. The minimum absolute atomic E-state index is 0.0371. The van der Waals surface area contributed by atoms with Gasteiger partial charge in [0.1, 0.15) is 0 Å². The van der Waals surface area contributed by atoms with Crippen LogP contribution in [0, 0.1) is 0 Å². The van der Waals surface area contributed by atoms with E-state index in [0.29, 0.717) is 89.5 Å². The number of nitrogen functional groups attached to an aromatic ring is 1. The van der Waals surface area contributed by atoms with Crippen molar-refractivity contribution in [1.29, 1.82) is 0 Å². The van der Waals surface area contributed by atoms with Crippen molar-refractivity contribution in [2.75, 3.05) is 103 Å². The van der Waals surface area contributed by atoms with Crippen LogP contribution in [0.4, 0.5) is 11.6 Å². The van der Waals surface area contributed by atoms with Gasteiger partial charge in [-0.1, -0.05) is 0 Å². The lowest BCUT2D eigenvalue weighted by atomic mass is 10.0. The molecule has 1 aliphatic rings. The van der Waals surface area contributed by atoms with E-state index in [4.69, 9.17) is 15.2 Å². The number of fused-ring (bicyclic) bond motifs is 1. The maximum Gasteiger partial charge on any atom is 0.317 e. The van der Waals surface area contributed by atoms with Crippen molar-refractivity contribution < 1.29 is 48.5 Å². The lowest BCUT2D eigenvalue weighted by molar-refractivity contribution is -0.140. The number of nitrogens with one attached hydrogen (secondary N) is 6. The van der Waals surface area contributed by atoms with Gasteiger partial charge in [0.25, 0.3) is 11.5 Å². The van der Waals surface area contributed by atoms with E-state index in [0.717, 1.165) is 5.69 Å². The van der Waals surface area contributed by atoms with E-state index in [1.807, 2.05) is 39.5 Å². The highest BCUT2D eigenvalue weighted by Crippen LogP contribution is 2.21. The summed E-state index contributed by atoms with van der Waals surface area (Å²) in [6.45, 7) is 13.5. The number of carbonyl (C=O) groups excluding carboxylic acids is 4. The number of nitrogens with two attached hydrogens (primary N) is 1. The monoisotopic (exact) mass is 982 g/mol. The van der Waals surface area contributed by atoms with Crippen LogP contribution in [0.2, 0.25) is 0 Å². The van der Waals surface area contributed by atoms with Crippen LogP contribution < -0.4 is 37.9 Å². The second-order valence-electron chi connectivity index (χ2n) is 18.5. The Morgan fingerprint density at radius 1 is 0.743 bits per heavy atom. The highest BCUT2D eigenvalue weighted by Gasteiger charge is 2.25. The first-order valence-electron chi connectivity index (χ1n) is 23.5. The van der Waals surface area contributed by atoms with Crippen LogP contribution in [0.3, 0.4) is 0 Å². The fraction of sp³-hybridized carbons (Fsp3) is 0.609. The molecule has 1 aliphatic heterocycles. The average Bonchev–Trinajstić information content (AvgIpc) is 3.37. The molecule has 0 spiro atoms. The van der Waals surface area contributed by atoms with Crippen LogP contribution in [0.15, 0.2) is 35.3 Å². The van der Waals surface area contributed by atoms with Crippen LogP contribution in [-0.2, 0) is 40.0 Å². The zero-order valence-electron chi connectivity index (χ0n) is 40.9. The summed E-state index contributed by atoms with van der Waals surface area (Å²) >= 11 is 0. The topological polar surface area (TPSA) is 329 Å². The van der Waals surface area contributed by atoms with Crippen molar-refractivity contribution in [3.63, 3.8) is 0 Å². The minimum atomic E-state index is -0.975. The molecule has 0 unspecified atom stereocenters.